The summed E-state index contributed by atoms with van der Waals surface area (Å²) in [6.45, 7) is 2.09. The highest BCUT2D eigenvalue weighted by Crippen LogP contribution is 2.36. The van der Waals surface area contributed by atoms with E-state index >= 15 is 0 Å². The third kappa shape index (κ3) is 3.41. The number of hydrogen-bond donors (Lipinski definition) is 2. The van der Waals surface area contributed by atoms with Gasteiger partial charge in [0, 0.05) is 16.7 Å². The molecule has 7 heteroatoms. The third-order valence-electron chi connectivity index (χ3n) is 3.42. The van der Waals surface area contributed by atoms with Crippen LogP contribution in [0.5, 0.6) is 0 Å². The summed E-state index contributed by atoms with van der Waals surface area (Å²) in [7, 11) is 0. The number of amides is 2. The Kier molecular flexibility index (Phi) is 4.33. The molecule has 0 bridgehead atoms. The number of nitrogens with one attached hydrogen (secondary N) is 2. The molecule has 0 aliphatic carbocycles. The van der Waals surface area contributed by atoms with Crippen LogP contribution in [-0.4, -0.2) is 16.9 Å². The average Bonchev–Trinajstić information content (AvgIpc) is 2.91. The van der Waals surface area contributed by atoms with E-state index in [9.17, 15) is 9.18 Å². The number of carbonyl (C=O) groups is 1. The fourth-order valence-electron chi connectivity index (χ4n) is 2.39. The smallest absolute Gasteiger partial charge is 0.315 e. The molecule has 2 amide bonds. The predicted molar refractivity (Wildman–Crippen MR) is 81.1 cm³/mol. The Bertz CT molecular complexity index is 689. The molecule has 0 spiro atoms. The maximum Gasteiger partial charge on any atom is 0.315 e. The second-order valence-electron chi connectivity index (χ2n) is 5.13. The van der Waals surface area contributed by atoms with Crippen LogP contribution in [0, 0.1) is 12.7 Å². The SMILES string of the molecule is Cc1cc(CNC(=O)N[C@H]2CCSc3ccc(F)cc32)on1. The van der Waals surface area contributed by atoms with Crippen molar-refractivity contribution in [2.45, 2.75) is 30.8 Å². The summed E-state index contributed by atoms with van der Waals surface area (Å²) in [6.07, 6.45) is 0.774. The van der Waals surface area contributed by atoms with Gasteiger partial charge in [-0.3, -0.25) is 0 Å². The number of nitrogens with zero attached hydrogens (tertiary/aromatic N) is 1. The molecule has 2 aromatic rings. The van der Waals surface area contributed by atoms with E-state index in [0.29, 0.717) is 5.76 Å². The Morgan fingerprint density at radius 2 is 2.36 bits per heavy atom. The molecule has 1 aromatic carbocycles. The molecular weight excluding hydrogens is 305 g/mol. The molecule has 1 aliphatic rings. The molecule has 0 radical (unpaired) electrons. The van der Waals surface area contributed by atoms with Gasteiger partial charge in [-0.05, 0) is 37.1 Å². The summed E-state index contributed by atoms with van der Waals surface area (Å²) in [5.74, 6) is 1.20. The van der Waals surface area contributed by atoms with E-state index in [1.54, 1.807) is 23.9 Å². The fourth-order valence-corrected chi connectivity index (χ4v) is 3.50. The lowest BCUT2D eigenvalue weighted by Gasteiger charge is -2.26. The van der Waals surface area contributed by atoms with Crippen molar-refractivity contribution in [1.82, 2.24) is 15.8 Å². The molecule has 5 nitrogen and oxygen atoms in total. The molecule has 3 rings (SSSR count). The first-order valence-corrected chi connectivity index (χ1v) is 7.99. The van der Waals surface area contributed by atoms with Crippen molar-refractivity contribution in [3.63, 3.8) is 0 Å². The van der Waals surface area contributed by atoms with Crippen LogP contribution >= 0.6 is 11.8 Å². The van der Waals surface area contributed by atoms with E-state index in [1.807, 2.05) is 6.92 Å². The lowest BCUT2D eigenvalue weighted by molar-refractivity contribution is 0.234. The minimum atomic E-state index is -0.304. The normalized spacial score (nSPS) is 16.9. The van der Waals surface area contributed by atoms with E-state index < -0.39 is 0 Å². The van der Waals surface area contributed by atoms with E-state index in [4.69, 9.17) is 4.52 Å². The molecule has 2 N–H and O–H groups in total. The van der Waals surface area contributed by atoms with Crippen molar-refractivity contribution in [1.29, 1.82) is 0 Å². The Labute approximate surface area is 131 Å². The van der Waals surface area contributed by atoms with Gasteiger partial charge in [0.15, 0.2) is 5.76 Å². The molecule has 22 heavy (non-hydrogen) atoms. The maximum absolute atomic E-state index is 13.4. The second kappa shape index (κ2) is 6.39. The lowest BCUT2D eigenvalue weighted by atomic mass is 10.0. The summed E-state index contributed by atoms with van der Waals surface area (Å²) in [4.78, 5) is 13.0. The molecule has 1 aliphatic heterocycles. The van der Waals surface area contributed by atoms with Crippen LogP contribution in [0.25, 0.3) is 0 Å². The third-order valence-corrected chi connectivity index (χ3v) is 4.54. The number of thioether (sulfide) groups is 1. The first-order chi connectivity index (χ1) is 10.6. The van der Waals surface area contributed by atoms with Crippen molar-refractivity contribution in [2.24, 2.45) is 0 Å². The van der Waals surface area contributed by atoms with Gasteiger partial charge in [0.2, 0.25) is 0 Å². The van der Waals surface area contributed by atoms with Gasteiger partial charge in [0.25, 0.3) is 0 Å². The molecule has 0 saturated heterocycles. The van der Waals surface area contributed by atoms with Crippen LogP contribution in [0.2, 0.25) is 0 Å². The van der Waals surface area contributed by atoms with Crippen molar-refractivity contribution in [3.8, 4) is 0 Å². The fraction of sp³-hybridized carbons (Fsp3) is 0.333. The van der Waals surface area contributed by atoms with Gasteiger partial charge in [0.1, 0.15) is 5.82 Å². The topological polar surface area (TPSA) is 67.2 Å². The van der Waals surface area contributed by atoms with Gasteiger partial charge in [-0.1, -0.05) is 5.16 Å². The van der Waals surface area contributed by atoms with Crippen molar-refractivity contribution in [2.75, 3.05) is 5.75 Å². The largest absolute Gasteiger partial charge is 0.359 e. The zero-order valence-electron chi connectivity index (χ0n) is 12.1. The van der Waals surface area contributed by atoms with E-state index in [1.165, 1.54) is 12.1 Å². The minimum Gasteiger partial charge on any atom is -0.359 e. The average molecular weight is 321 g/mol. The number of rotatable bonds is 3. The summed E-state index contributed by atoms with van der Waals surface area (Å²) < 4.78 is 18.5. The molecule has 0 unspecified atom stereocenters. The van der Waals surface area contributed by atoms with Crippen LogP contribution < -0.4 is 10.6 Å². The van der Waals surface area contributed by atoms with Gasteiger partial charge < -0.3 is 15.2 Å². The Balaban J connectivity index is 1.61. The number of urea groups is 1. The second-order valence-corrected chi connectivity index (χ2v) is 6.27. The van der Waals surface area contributed by atoms with Gasteiger partial charge >= 0.3 is 6.03 Å². The summed E-state index contributed by atoms with van der Waals surface area (Å²) in [5, 5.41) is 9.37. The molecule has 2 heterocycles. The Morgan fingerprint density at radius 1 is 1.50 bits per heavy atom. The summed E-state index contributed by atoms with van der Waals surface area (Å²) >= 11 is 1.68. The quantitative estimate of drug-likeness (QED) is 0.911. The van der Waals surface area contributed by atoms with Crippen molar-refractivity contribution < 1.29 is 13.7 Å². The van der Waals surface area contributed by atoms with Crippen LogP contribution in [0.3, 0.4) is 0 Å². The van der Waals surface area contributed by atoms with E-state index in [-0.39, 0.29) is 24.4 Å². The van der Waals surface area contributed by atoms with Crippen LogP contribution in [0.4, 0.5) is 9.18 Å². The number of hydrogen-bond acceptors (Lipinski definition) is 4. The highest BCUT2D eigenvalue weighted by atomic mass is 32.2. The van der Waals surface area contributed by atoms with Crippen LogP contribution in [0.1, 0.15) is 29.5 Å². The molecule has 0 fully saturated rings. The van der Waals surface area contributed by atoms with Gasteiger partial charge in [-0.25, -0.2) is 9.18 Å². The monoisotopic (exact) mass is 321 g/mol. The first kappa shape index (κ1) is 14.9. The number of carbonyl (C=O) groups excluding carboxylic acids is 1. The zero-order chi connectivity index (χ0) is 15.5. The van der Waals surface area contributed by atoms with Crippen molar-refractivity contribution >= 4 is 17.8 Å². The minimum absolute atomic E-state index is 0.177. The van der Waals surface area contributed by atoms with Gasteiger partial charge in [-0.15, -0.1) is 11.8 Å². The molecular formula is C15H16FN3O2S. The first-order valence-electron chi connectivity index (χ1n) is 7.00. The number of aromatic nitrogens is 1. The highest BCUT2D eigenvalue weighted by Gasteiger charge is 2.22. The van der Waals surface area contributed by atoms with E-state index in [2.05, 4.69) is 15.8 Å². The molecule has 0 saturated carbocycles. The van der Waals surface area contributed by atoms with Crippen LogP contribution in [-0.2, 0) is 6.54 Å². The number of benzene rings is 1. The summed E-state index contributed by atoms with van der Waals surface area (Å²) in [5.41, 5.74) is 1.60. The molecule has 116 valence electrons. The lowest BCUT2D eigenvalue weighted by Crippen LogP contribution is -2.38. The standard InChI is InChI=1S/C15H16FN3O2S/c1-9-6-11(21-19-9)8-17-15(20)18-13-4-5-22-14-3-2-10(16)7-12(13)14/h2-3,6-7,13H,4-5,8H2,1H3,(H2,17,18,20)/t13-/m0/s1. The van der Waals surface area contributed by atoms with Gasteiger partial charge in [0.05, 0.1) is 18.3 Å². The van der Waals surface area contributed by atoms with Gasteiger partial charge in [-0.2, -0.15) is 0 Å². The zero-order valence-corrected chi connectivity index (χ0v) is 12.9. The molecule has 1 atom stereocenters. The summed E-state index contributed by atoms with van der Waals surface area (Å²) in [6, 6.07) is 5.98. The van der Waals surface area contributed by atoms with Crippen molar-refractivity contribution in [3.05, 3.63) is 47.1 Å². The van der Waals surface area contributed by atoms with E-state index in [0.717, 1.165) is 28.3 Å². The number of aryl methyl sites for hydroxylation is 1. The maximum atomic E-state index is 13.4. The van der Waals surface area contributed by atoms with Crippen LogP contribution in [0.15, 0.2) is 33.7 Å². The number of fused-ring (bicyclic) bond motifs is 1. The highest BCUT2D eigenvalue weighted by molar-refractivity contribution is 7.99. The molecule has 1 aromatic heterocycles. The predicted octanol–water partition coefficient (Wildman–Crippen LogP) is 3.16. The number of halogens is 1. The Hall–Kier alpha value is -2.02. The Morgan fingerprint density at radius 3 is 3.14 bits per heavy atom.